The van der Waals surface area contributed by atoms with E-state index < -0.39 is 0 Å². The fraction of sp³-hybridized carbons (Fsp3) is 0.688. The number of unbranched alkanes of at least 4 members (excludes halogenated alkanes) is 8. The molecule has 0 aromatic rings. The number of hydrogen-bond acceptors (Lipinski definition) is 0. The summed E-state index contributed by atoms with van der Waals surface area (Å²) in [5.41, 5.74) is 0. The van der Waals surface area contributed by atoms with Crippen molar-refractivity contribution in [3.05, 3.63) is 19.1 Å². The van der Waals surface area contributed by atoms with Crippen LogP contribution in [0.4, 0.5) is 0 Å². The van der Waals surface area contributed by atoms with Crippen molar-refractivity contribution in [1.29, 1.82) is 0 Å². The first-order valence-electron chi connectivity index (χ1n) is 6.84. The quantitative estimate of drug-likeness (QED) is 0.364. The van der Waals surface area contributed by atoms with Gasteiger partial charge in [0.25, 0.3) is 0 Å². The van der Waals surface area contributed by atoms with E-state index in [1.807, 2.05) is 6.08 Å². The van der Waals surface area contributed by atoms with Crippen LogP contribution in [0.3, 0.4) is 0 Å². The highest BCUT2D eigenvalue weighted by atomic mass is 14.0. The molecule has 0 nitrogen and oxygen atoms in total. The normalized spacial score (nSPS) is 10.4. The smallest absolute Gasteiger partial charge is 0.00922 e. The van der Waals surface area contributed by atoms with E-state index in [1.54, 1.807) is 0 Å². The summed E-state index contributed by atoms with van der Waals surface area (Å²) in [4.78, 5) is 0. The van der Waals surface area contributed by atoms with Crippen molar-refractivity contribution in [3.8, 4) is 11.8 Å². The SMILES string of the molecule is [CH2]CCCCCCCCCC#C/C=C\CC. The van der Waals surface area contributed by atoms with Crippen molar-refractivity contribution in [2.24, 2.45) is 0 Å². The fourth-order valence-corrected chi connectivity index (χ4v) is 1.58. The molecule has 16 heavy (non-hydrogen) atoms. The second-order valence-corrected chi connectivity index (χ2v) is 4.21. The van der Waals surface area contributed by atoms with E-state index >= 15 is 0 Å². The minimum Gasteiger partial charge on any atom is -0.0985 e. The van der Waals surface area contributed by atoms with E-state index in [9.17, 15) is 0 Å². The third-order valence-corrected chi connectivity index (χ3v) is 2.59. The van der Waals surface area contributed by atoms with E-state index in [0.717, 1.165) is 19.3 Å². The highest BCUT2D eigenvalue weighted by Gasteiger charge is 1.89. The minimum atomic E-state index is 1.06. The van der Waals surface area contributed by atoms with E-state index in [4.69, 9.17) is 0 Å². The molecule has 0 rings (SSSR count). The van der Waals surface area contributed by atoms with Crippen LogP contribution in [0.2, 0.25) is 0 Å². The van der Waals surface area contributed by atoms with Gasteiger partial charge < -0.3 is 0 Å². The molecule has 0 amide bonds. The lowest BCUT2D eigenvalue weighted by Gasteiger charge is -1.98. The first kappa shape index (κ1) is 15.3. The Morgan fingerprint density at radius 1 is 0.938 bits per heavy atom. The molecule has 0 spiro atoms. The minimum absolute atomic E-state index is 1.06. The van der Waals surface area contributed by atoms with Crippen molar-refractivity contribution in [3.63, 3.8) is 0 Å². The van der Waals surface area contributed by atoms with Crippen molar-refractivity contribution in [2.45, 2.75) is 71.1 Å². The summed E-state index contributed by atoms with van der Waals surface area (Å²) < 4.78 is 0. The zero-order valence-electron chi connectivity index (χ0n) is 10.9. The average Bonchev–Trinajstić information content (AvgIpc) is 2.31. The lowest BCUT2D eigenvalue weighted by molar-refractivity contribution is 0.585. The van der Waals surface area contributed by atoms with Crippen molar-refractivity contribution < 1.29 is 0 Å². The summed E-state index contributed by atoms with van der Waals surface area (Å²) in [6.45, 7) is 5.99. The van der Waals surface area contributed by atoms with E-state index in [-0.39, 0.29) is 0 Å². The topological polar surface area (TPSA) is 0 Å². The largest absolute Gasteiger partial charge is 0.0985 e. The standard InChI is InChI=1S/C16H27/c1-3-5-7-9-11-13-15-16-14-12-10-8-6-4-2/h6,8H,1,3-5,7,9,11,13-16H2,2H3/b8-6-. The van der Waals surface area contributed by atoms with Crippen LogP contribution in [-0.4, -0.2) is 0 Å². The van der Waals surface area contributed by atoms with E-state index in [2.05, 4.69) is 31.8 Å². The maximum absolute atomic E-state index is 3.85. The van der Waals surface area contributed by atoms with Gasteiger partial charge in [-0.3, -0.25) is 0 Å². The van der Waals surface area contributed by atoms with Crippen LogP contribution in [0.1, 0.15) is 71.1 Å². The number of hydrogen-bond donors (Lipinski definition) is 0. The number of rotatable bonds is 9. The van der Waals surface area contributed by atoms with Gasteiger partial charge in [0.1, 0.15) is 0 Å². The van der Waals surface area contributed by atoms with E-state index in [1.165, 1.54) is 44.9 Å². The summed E-state index contributed by atoms with van der Waals surface area (Å²) in [5.74, 6) is 6.25. The molecular weight excluding hydrogens is 192 g/mol. The molecule has 0 unspecified atom stereocenters. The summed E-state index contributed by atoms with van der Waals surface area (Å²) in [6.07, 6.45) is 16.8. The molecule has 0 aliphatic carbocycles. The third-order valence-electron chi connectivity index (χ3n) is 2.59. The van der Waals surface area contributed by atoms with Crippen LogP contribution in [0.25, 0.3) is 0 Å². The summed E-state index contributed by atoms with van der Waals surface area (Å²) >= 11 is 0. The Hall–Kier alpha value is -0.700. The predicted octanol–water partition coefficient (Wildman–Crippen LogP) is 5.30. The van der Waals surface area contributed by atoms with Gasteiger partial charge in [-0.1, -0.05) is 76.7 Å². The second kappa shape index (κ2) is 14.3. The van der Waals surface area contributed by atoms with Crippen LogP contribution in [-0.2, 0) is 0 Å². The molecule has 0 atom stereocenters. The van der Waals surface area contributed by atoms with Gasteiger partial charge in [0.05, 0.1) is 0 Å². The van der Waals surface area contributed by atoms with Crippen LogP contribution in [0, 0.1) is 18.8 Å². The Balaban J connectivity index is 3.08. The lowest BCUT2D eigenvalue weighted by Crippen LogP contribution is -1.79. The maximum atomic E-state index is 3.85. The Bertz CT molecular complexity index is 202. The van der Waals surface area contributed by atoms with Gasteiger partial charge in [-0.15, -0.1) is 0 Å². The summed E-state index contributed by atoms with van der Waals surface area (Å²) in [6, 6.07) is 0. The number of allylic oxidation sites excluding steroid dienone is 2. The van der Waals surface area contributed by atoms with Crippen LogP contribution in [0.15, 0.2) is 12.2 Å². The van der Waals surface area contributed by atoms with Gasteiger partial charge in [-0.25, -0.2) is 0 Å². The van der Waals surface area contributed by atoms with Gasteiger partial charge in [0.15, 0.2) is 0 Å². The van der Waals surface area contributed by atoms with Crippen LogP contribution < -0.4 is 0 Å². The van der Waals surface area contributed by atoms with Crippen LogP contribution >= 0.6 is 0 Å². The molecule has 0 heteroatoms. The Kier molecular flexibility index (Phi) is 13.7. The molecule has 0 N–H and O–H groups in total. The van der Waals surface area contributed by atoms with Gasteiger partial charge in [0.2, 0.25) is 0 Å². The monoisotopic (exact) mass is 219 g/mol. The molecule has 0 saturated carbocycles. The zero-order valence-corrected chi connectivity index (χ0v) is 10.9. The van der Waals surface area contributed by atoms with Crippen molar-refractivity contribution >= 4 is 0 Å². The molecule has 0 aromatic carbocycles. The Morgan fingerprint density at radius 3 is 2.19 bits per heavy atom. The van der Waals surface area contributed by atoms with Crippen LogP contribution in [0.5, 0.6) is 0 Å². The van der Waals surface area contributed by atoms with Gasteiger partial charge in [-0.05, 0) is 18.9 Å². The first-order valence-corrected chi connectivity index (χ1v) is 6.84. The molecule has 0 bridgehead atoms. The molecule has 0 heterocycles. The van der Waals surface area contributed by atoms with Gasteiger partial charge >= 0.3 is 0 Å². The molecule has 91 valence electrons. The van der Waals surface area contributed by atoms with Gasteiger partial charge in [-0.2, -0.15) is 0 Å². The Morgan fingerprint density at radius 2 is 1.56 bits per heavy atom. The van der Waals surface area contributed by atoms with E-state index in [0.29, 0.717) is 0 Å². The first-order chi connectivity index (χ1) is 7.91. The molecule has 0 aliphatic rings. The second-order valence-electron chi connectivity index (χ2n) is 4.21. The maximum Gasteiger partial charge on any atom is 0.00922 e. The fourth-order valence-electron chi connectivity index (χ4n) is 1.58. The lowest BCUT2D eigenvalue weighted by atomic mass is 10.1. The summed E-state index contributed by atoms with van der Waals surface area (Å²) in [7, 11) is 0. The molecule has 0 aromatic heterocycles. The molecule has 0 saturated heterocycles. The zero-order chi connectivity index (χ0) is 11.9. The Labute approximate surface area is 103 Å². The van der Waals surface area contributed by atoms with Crippen molar-refractivity contribution in [1.82, 2.24) is 0 Å². The molecule has 1 radical (unpaired) electrons. The third kappa shape index (κ3) is 13.3. The average molecular weight is 219 g/mol. The highest BCUT2D eigenvalue weighted by Crippen LogP contribution is 2.08. The highest BCUT2D eigenvalue weighted by molar-refractivity contribution is 5.14. The predicted molar refractivity (Wildman–Crippen MR) is 74.1 cm³/mol. The van der Waals surface area contributed by atoms with Gasteiger partial charge in [0, 0.05) is 6.42 Å². The molecular formula is C16H27. The van der Waals surface area contributed by atoms with Crippen molar-refractivity contribution in [2.75, 3.05) is 0 Å². The summed E-state index contributed by atoms with van der Waals surface area (Å²) in [5, 5.41) is 0. The molecule has 0 aliphatic heterocycles. The molecule has 0 fully saturated rings.